The first-order valence-corrected chi connectivity index (χ1v) is 8.03. The molecule has 4 nitrogen and oxygen atoms in total. The Morgan fingerprint density at radius 1 is 1.36 bits per heavy atom. The van der Waals surface area contributed by atoms with Crippen LogP contribution in [0, 0.1) is 6.92 Å². The number of carbonyl (C=O) groups excluding carboxylic acids is 1. The van der Waals surface area contributed by atoms with Gasteiger partial charge in [-0.2, -0.15) is 0 Å². The lowest BCUT2D eigenvalue weighted by Crippen LogP contribution is -2.33. The summed E-state index contributed by atoms with van der Waals surface area (Å²) in [6.07, 6.45) is 3.28. The topological polar surface area (TPSA) is 45.2 Å². The first-order valence-electron chi connectivity index (χ1n) is 7.15. The average molecular weight is 315 g/mol. The highest BCUT2D eigenvalue weighted by Gasteiger charge is 2.14. The molecule has 0 radical (unpaired) electrons. The van der Waals surface area contributed by atoms with Crippen molar-refractivity contribution < 1.29 is 4.79 Å². The fourth-order valence-corrected chi connectivity index (χ4v) is 2.73. The van der Waals surface area contributed by atoms with Crippen LogP contribution in [0.2, 0.25) is 0 Å². The molecule has 0 aliphatic heterocycles. The van der Waals surface area contributed by atoms with E-state index in [9.17, 15) is 4.79 Å². The largest absolute Gasteiger partial charge is 0.351 e. The number of aromatic nitrogens is 1. The Labute approximate surface area is 135 Å². The van der Waals surface area contributed by atoms with Crippen molar-refractivity contribution in [3.8, 4) is 0 Å². The van der Waals surface area contributed by atoms with Crippen LogP contribution in [0.15, 0.2) is 41.8 Å². The van der Waals surface area contributed by atoms with Crippen LogP contribution < -0.4 is 5.32 Å². The molecule has 1 amide bonds. The summed E-state index contributed by atoms with van der Waals surface area (Å²) in [7, 11) is 4.02. The highest BCUT2D eigenvalue weighted by atomic mass is 32.1. The summed E-state index contributed by atoms with van der Waals surface area (Å²) >= 11 is 1.57. The predicted molar refractivity (Wildman–Crippen MR) is 91.8 cm³/mol. The van der Waals surface area contributed by atoms with E-state index >= 15 is 0 Å². The molecule has 1 aromatic carbocycles. The maximum Gasteiger partial charge on any atom is 0.244 e. The number of benzene rings is 1. The van der Waals surface area contributed by atoms with Gasteiger partial charge in [0.2, 0.25) is 5.91 Å². The molecule has 0 aliphatic rings. The van der Waals surface area contributed by atoms with Gasteiger partial charge >= 0.3 is 0 Å². The zero-order chi connectivity index (χ0) is 15.9. The van der Waals surface area contributed by atoms with E-state index in [2.05, 4.69) is 27.3 Å². The number of amides is 1. The summed E-state index contributed by atoms with van der Waals surface area (Å²) in [4.78, 5) is 18.3. The Balaban J connectivity index is 1.92. The quantitative estimate of drug-likeness (QED) is 0.834. The second-order valence-corrected chi connectivity index (χ2v) is 6.32. The van der Waals surface area contributed by atoms with Crippen LogP contribution in [0.1, 0.15) is 22.3 Å². The van der Waals surface area contributed by atoms with Gasteiger partial charge in [-0.15, -0.1) is 11.3 Å². The first kappa shape index (κ1) is 16.4. The van der Waals surface area contributed by atoms with Crippen molar-refractivity contribution in [3.63, 3.8) is 0 Å². The van der Waals surface area contributed by atoms with Crippen LogP contribution in [-0.4, -0.2) is 36.4 Å². The summed E-state index contributed by atoms with van der Waals surface area (Å²) in [6.45, 7) is 2.51. The van der Waals surface area contributed by atoms with E-state index in [-0.39, 0.29) is 11.9 Å². The van der Waals surface area contributed by atoms with Gasteiger partial charge in [0.15, 0.2) is 0 Å². The van der Waals surface area contributed by atoms with Crippen molar-refractivity contribution in [2.24, 2.45) is 0 Å². The molecule has 1 N–H and O–H groups in total. The highest BCUT2D eigenvalue weighted by Crippen LogP contribution is 2.16. The number of hydrogen-bond donors (Lipinski definition) is 1. The molecule has 1 atom stereocenters. The van der Waals surface area contributed by atoms with Crippen LogP contribution in [0.4, 0.5) is 0 Å². The number of nitrogens with zero attached hydrogens (tertiary/aromatic N) is 2. The molecular weight excluding hydrogens is 294 g/mol. The van der Waals surface area contributed by atoms with Crippen LogP contribution in [-0.2, 0) is 4.79 Å². The zero-order valence-electron chi connectivity index (χ0n) is 13.1. The average Bonchev–Trinajstić information content (AvgIpc) is 2.92. The van der Waals surface area contributed by atoms with Crippen molar-refractivity contribution in [2.75, 3.05) is 20.6 Å². The van der Waals surface area contributed by atoms with Gasteiger partial charge in [0.25, 0.3) is 0 Å². The predicted octanol–water partition coefficient (Wildman–Crippen LogP) is 2.88. The first-order chi connectivity index (χ1) is 10.6. The van der Waals surface area contributed by atoms with Crippen molar-refractivity contribution >= 4 is 23.3 Å². The van der Waals surface area contributed by atoms with Crippen LogP contribution in [0.5, 0.6) is 0 Å². The third kappa shape index (κ3) is 4.79. The molecule has 0 spiro atoms. The molecule has 0 saturated carbocycles. The molecule has 2 rings (SSSR count). The molecule has 1 unspecified atom stereocenters. The number of thiazole rings is 1. The molecule has 116 valence electrons. The lowest BCUT2D eigenvalue weighted by atomic mass is 10.1. The molecule has 22 heavy (non-hydrogen) atoms. The second-order valence-electron chi connectivity index (χ2n) is 5.26. The molecular formula is C17H21N3OS. The van der Waals surface area contributed by atoms with Gasteiger partial charge < -0.3 is 10.2 Å². The smallest absolute Gasteiger partial charge is 0.244 e. The van der Waals surface area contributed by atoms with E-state index in [1.807, 2.05) is 44.6 Å². The van der Waals surface area contributed by atoms with Crippen LogP contribution in [0.25, 0.3) is 6.08 Å². The summed E-state index contributed by atoms with van der Waals surface area (Å²) in [5.41, 5.74) is 2.01. The van der Waals surface area contributed by atoms with Gasteiger partial charge in [-0.25, -0.2) is 4.98 Å². The second kappa shape index (κ2) is 7.87. The molecule has 1 aromatic heterocycles. The van der Waals surface area contributed by atoms with Crippen molar-refractivity contribution in [1.29, 1.82) is 0 Å². The summed E-state index contributed by atoms with van der Waals surface area (Å²) in [5, 5.41) is 5.88. The summed E-state index contributed by atoms with van der Waals surface area (Å²) in [6, 6.07) is 10.3. The number of carbonyl (C=O) groups is 1. The Kier molecular flexibility index (Phi) is 5.86. The third-order valence-electron chi connectivity index (χ3n) is 3.32. The lowest BCUT2D eigenvalue weighted by molar-refractivity contribution is -0.116. The monoisotopic (exact) mass is 315 g/mol. The van der Waals surface area contributed by atoms with E-state index in [0.717, 1.165) is 10.7 Å². The molecule has 0 fully saturated rings. The molecule has 0 bridgehead atoms. The normalized spacial score (nSPS) is 12.7. The Bertz CT molecular complexity index is 634. The van der Waals surface area contributed by atoms with Crippen molar-refractivity contribution in [3.05, 3.63) is 58.1 Å². The SMILES string of the molecule is Cc1nc(/C=C/C(=O)NCC(c2ccccc2)N(C)C)cs1. The minimum atomic E-state index is -0.103. The van der Waals surface area contributed by atoms with Crippen LogP contribution in [0.3, 0.4) is 0 Å². The number of likely N-dealkylation sites (N-methyl/N-ethyl adjacent to an activating group) is 1. The fourth-order valence-electron chi connectivity index (χ4n) is 2.15. The molecule has 5 heteroatoms. The number of nitrogens with one attached hydrogen (secondary N) is 1. The summed E-state index contributed by atoms with van der Waals surface area (Å²) < 4.78 is 0. The van der Waals surface area contributed by atoms with E-state index in [0.29, 0.717) is 6.54 Å². The number of rotatable bonds is 6. The van der Waals surface area contributed by atoms with Gasteiger partial charge in [0, 0.05) is 18.0 Å². The minimum Gasteiger partial charge on any atom is -0.351 e. The van der Waals surface area contributed by atoms with Crippen molar-refractivity contribution in [2.45, 2.75) is 13.0 Å². The van der Waals surface area contributed by atoms with Crippen LogP contribution >= 0.6 is 11.3 Å². The maximum atomic E-state index is 11.9. The minimum absolute atomic E-state index is 0.103. The summed E-state index contributed by atoms with van der Waals surface area (Å²) in [5.74, 6) is -0.103. The van der Waals surface area contributed by atoms with Crippen molar-refractivity contribution in [1.82, 2.24) is 15.2 Å². The third-order valence-corrected chi connectivity index (χ3v) is 4.11. The standard InChI is InChI=1S/C17H21N3OS/c1-13-19-15(12-22-13)9-10-17(21)18-11-16(20(2)3)14-7-5-4-6-8-14/h4-10,12,16H,11H2,1-3H3,(H,18,21)/b10-9+. The fraction of sp³-hybridized carbons (Fsp3) is 0.294. The number of hydrogen-bond acceptors (Lipinski definition) is 4. The number of aryl methyl sites for hydroxylation is 1. The van der Waals surface area contributed by atoms with E-state index < -0.39 is 0 Å². The maximum absolute atomic E-state index is 11.9. The Hall–Kier alpha value is -1.98. The Morgan fingerprint density at radius 3 is 2.68 bits per heavy atom. The van der Waals surface area contributed by atoms with Gasteiger partial charge in [-0.3, -0.25) is 4.79 Å². The van der Waals surface area contributed by atoms with E-state index in [1.165, 1.54) is 11.6 Å². The molecule has 0 aliphatic carbocycles. The Morgan fingerprint density at radius 2 is 2.09 bits per heavy atom. The van der Waals surface area contributed by atoms with Gasteiger partial charge in [-0.05, 0) is 32.7 Å². The zero-order valence-corrected chi connectivity index (χ0v) is 13.9. The lowest BCUT2D eigenvalue weighted by Gasteiger charge is -2.24. The molecule has 2 aromatic rings. The van der Waals surface area contributed by atoms with Gasteiger partial charge in [0.1, 0.15) is 0 Å². The van der Waals surface area contributed by atoms with E-state index in [1.54, 1.807) is 17.4 Å². The van der Waals surface area contributed by atoms with Gasteiger partial charge in [0.05, 0.1) is 16.7 Å². The van der Waals surface area contributed by atoms with E-state index in [4.69, 9.17) is 0 Å². The van der Waals surface area contributed by atoms with Gasteiger partial charge in [-0.1, -0.05) is 30.3 Å². The molecule has 0 saturated heterocycles. The molecule has 1 heterocycles. The highest BCUT2D eigenvalue weighted by molar-refractivity contribution is 7.09.